The first-order valence-electron chi connectivity index (χ1n) is 4.56. The van der Waals surface area contributed by atoms with Crippen molar-refractivity contribution < 1.29 is 5.11 Å². The van der Waals surface area contributed by atoms with Gasteiger partial charge in [-0.3, -0.25) is 0 Å². The van der Waals surface area contributed by atoms with Crippen LogP contribution in [0.1, 0.15) is 46.5 Å². The predicted molar refractivity (Wildman–Crippen MR) is 47.2 cm³/mol. The summed E-state index contributed by atoms with van der Waals surface area (Å²) in [5.74, 6) is 1.35. The molecule has 0 spiro atoms. The molecular formula is C10H19O. The van der Waals surface area contributed by atoms with Crippen molar-refractivity contribution >= 4 is 0 Å². The summed E-state index contributed by atoms with van der Waals surface area (Å²) in [7, 11) is 0. The zero-order chi connectivity index (χ0) is 8.48. The van der Waals surface area contributed by atoms with Crippen LogP contribution < -0.4 is 0 Å². The molecule has 0 aromatic carbocycles. The molecule has 0 aromatic rings. The van der Waals surface area contributed by atoms with Crippen molar-refractivity contribution in [2.45, 2.75) is 52.6 Å². The van der Waals surface area contributed by atoms with Gasteiger partial charge in [0.25, 0.3) is 0 Å². The van der Waals surface area contributed by atoms with E-state index in [0.29, 0.717) is 0 Å². The number of aliphatic hydroxyl groups is 1. The maximum atomic E-state index is 9.67. The molecule has 1 saturated carbocycles. The lowest BCUT2D eigenvalue weighted by Gasteiger charge is -2.37. The smallest absolute Gasteiger partial charge is 0.0607 e. The second-order valence-corrected chi connectivity index (χ2v) is 4.54. The van der Waals surface area contributed by atoms with Gasteiger partial charge in [-0.25, -0.2) is 0 Å². The third kappa shape index (κ3) is 2.19. The van der Waals surface area contributed by atoms with Gasteiger partial charge >= 0.3 is 0 Å². The highest BCUT2D eigenvalue weighted by atomic mass is 16.3. The zero-order valence-corrected chi connectivity index (χ0v) is 7.85. The summed E-state index contributed by atoms with van der Waals surface area (Å²) >= 11 is 0. The highest BCUT2D eigenvalue weighted by Crippen LogP contribution is 2.39. The van der Waals surface area contributed by atoms with E-state index >= 15 is 0 Å². The lowest BCUT2D eigenvalue weighted by molar-refractivity contribution is 0.113. The first kappa shape index (κ1) is 9.05. The number of rotatable bonds is 0. The molecule has 1 fully saturated rings. The summed E-state index contributed by atoms with van der Waals surface area (Å²) in [5.41, 5.74) is 0.208. The molecule has 0 aliphatic heterocycles. The van der Waals surface area contributed by atoms with Crippen LogP contribution in [0.2, 0.25) is 0 Å². The second kappa shape index (κ2) is 3.14. The lowest BCUT2D eigenvalue weighted by Crippen LogP contribution is -2.32. The van der Waals surface area contributed by atoms with Crippen LogP contribution in [0.3, 0.4) is 0 Å². The van der Waals surface area contributed by atoms with Gasteiger partial charge in [-0.05, 0) is 18.3 Å². The van der Waals surface area contributed by atoms with Gasteiger partial charge in [0.15, 0.2) is 0 Å². The molecule has 1 N–H and O–H groups in total. The Morgan fingerprint density at radius 2 is 1.91 bits per heavy atom. The Balaban J connectivity index is 2.55. The molecule has 1 rings (SSSR count). The Hall–Kier alpha value is -0.0400. The molecule has 0 bridgehead atoms. The van der Waals surface area contributed by atoms with Crippen LogP contribution in [0.25, 0.3) is 0 Å². The Morgan fingerprint density at radius 1 is 1.27 bits per heavy atom. The van der Waals surface area contributed by atoms with Crippen molar-refractivity contribution in [2.75, 3.05) is 0 Å². The van der Waals surface area contributed by atoms with Crippen LogP contribution in [0.15, 0.2) is 0 Å². The van der Waals surface area contributed by atoms with Crippen molar-refractivity contribution in [2.24, 2.45) is 5.41 Å². The van der Waals surface area contributed by atoms with Gasteiger partial charge in [0.1, 0.15) is 0 Å². The number of aliphatic hydroxyl groups excluding tert-OH is 1. The van der Waals surface area contributed by atoms with E-state index < -0.39 is 0 Å². The Labute approximate surface area is 69.8 Å². The molecule has 1 nitrogen and oxygen atoms in total. The van der Waals surface area contributed by atoms with Crippen LogP contribution in [0, 0.1) is 11.3 Å². The summed E-state index contributed by atoms with van der Waals surface area (Å²) in [6.45, 7) is 6.57. The van der Waals surface area contributed by atoms with E-state index in [-0.39, 0.29) is 11.5 Å². The summed E-state index contributed by atoms with van der Waals surface area (Å²) in [5, 5.41) is 9.67. The van der Waals surface area contributed by atoms with Gasteiger partial charge in [-0.1, -0.05) is 33.6 Å². The van der Waals surface area contributed by atoms with Gasteiger partial charge in [0.2, 0.25) is 0 Å². The second-order valence-electron chi connectivity index (χ2n) is 4.54. The topological polar surface area (TPSA) is 20.2 Å². The van der Waals surface area contributed by atoms with Crippen molar-refractivity contribution in [1.29, 1.82) is 0 Å². The van der Waals surface area contributed by atoms with Gasteiger partial charge < -0.3 is 5.11 Å². The predicted octanol–water partition coefficient (Wildman–Crippen LogP) is 2.54. The summed E-state index contributed by atoms with van der Waals surface area (Å²) in [4.78, 5) is 0. The van der Waals surface area contributed by atoms with Crippen LogP contribution in [-0.2, 0) is 0 Å². The largest absolute Gasteiger partial charge is 0.393 e. The molecule has 1 aliphatic carbocycles. The maximum absolute atomic E-state index is 9.67. The summed E-state index contributed by atoms with van der Waals surface area (Å²) in [6.07, 6.45) is 4.45. The standard InChI is InChI=1S/C10H19O/c1-10(2,3)8-6-4-5-7-9(8)11/h9,11H,4-7H2,1-3H3. The molecule has 0 heterocycles. The van der Waals surface area contributed by atoms with Gasteiger partial charge in [-0.15, -0.1) is 0 Å². The van der Waals surface area contributed by atoms with Crippen LogP contribution in [0.4, 0.5) is 0 Å². The monoisotopic (exact) mass is 155 g/mol. The molecule has 65 valence electrons. The molecule has 1 aliphatic rings. The SMILES string of the molecule is CC(C)(C)[C]1CCCCC1O. The number of hydrogen-bond donors (Lipinski definition) is 1. The minimum Gasteiger partial charge on any atom is -0.393 e. The molecule has 1 heteroatoms. The highest BCUT2D eigenvalue weighted by molar-refractivity contribution is 5.07. The first-order chi connectivity index (χ1) is 5.02. The molecule has 0 aromatic heterocycles. The Bertz CT molecular complexity index is 123. The van der Waals surface area contributed by atoms with Gasteiger partial charge in [-0.2, -0.15) is 0 Å². The zero-order valence-electron chi connectivity index (χ0n) is 7.85. The minimum absolute atomic E-state index is 0.122. The van der Waals surface area contributed by atoms with E-state index in [1.165, 1.54) is 18.8 Å². The van der Waals surface area contributed by atoms with E-state index in [2.05, 4.69) is 20.8 Å². The molecular weight excluding hydrogens is 136 g/mol. The van der Waals surface area contributed by atoms with Crippen LogP contribution in [-0.4, -0.2) is 11.2 Å². The maximum Gasteiger partial charge on any atom is 0.0607 e. The third-order valence-electron chi connectivity index (χ3n) is 2.54. The lowest BCUT2D eigenvalue weighted by atomic mass is 9.71. The molecule has 11 heavy (non-hydrogen) atoms. The van der Waals surface area contributed by atoms with Crippen molar-refractivity contribution in [3.8, 4) is 0 Å². The van der Waals surface area contributed by atoms with Gasteiger partial charge in [0.05, 0.1) is 6.10 Å². The fourth-order valence-corrected chi connectivity index (χ4v) is 1.87. The Kier molecular flexibility index (Phi) is 2.58. The number of hydrogen-bond acceptors (Lipinski definition) is 1. The summed E-state index contributed by atoms with van der Waals surface area (Å²) in [6, 6.07) is 0. The average molecular weight is 155 g/mol. The van der Waals surface area contributed by atoms with E-state index in [9.17, 15) is 5.11 Å². The van der Waals surface area contributed by atoms with Crippen molar-refractivity contribution in [3.63, 3.8) is 0 Å². The van der Waals surface area contributed by atoms with Crippen LogP contribution >= 0.6 is 0 Å². The van der Waals surface area contributed by atoms with Crippen LogP contribution in [0.5, 0.6) is 0 Å². The van der Waals surface area contributed by atoms with E-state index in [1.807, 2.05) is 0 Å². The molecule has 1 unspecified atom stereocenters. The fourth-order valence-electron chi connectivity index (χ4n) is 1.87. The molecule has 0 amide bonds. The third-order valence-corrected chi connectivity index (χ3v) is 2.54. The molecule has 0 saturated heterocycles. The fraction of sp³-hybridized carbons (Fsp3) is 0.900. The summed E-state index contributed by atoms with van der Waals surface area (Å²) < 4.78 is 0. The first-order valence-corrected chi connectivity index (χ1v) is 4.56. The molecule has 1 radical (unpaired) electrons. The van der Waals surface area contributed by atoms with E-state index in [4.69, 9.17) is 0 Å². The van der Waals surface area contributed by atoms with E-state index in [0.717, 1.165) is 12.8 Å². The normalized spacial score (nSPS) is 28.9. The van der Waals surface area contributed by atoms with Crippen molar-refractivity contribution in [3.05, 3.63) is 5.92 Å². The van der Waals surface area contributed by atoms with Crippen molar-refractivity contribution in [1.82, 2.24) is 0 Å². The minimum atomic E-state index is -0.122. The molecule has 1 atom stereocenters. The van der Waals surface area contributed by atoms with Gasteiger partial charge in [0, 0.05) is 5.92 Å². The van der Waals surface area contributed by atoms with E-state index in [1.54, 1.807) is 0 Å². The average Bonchev–Trinajstić information content (AvgIpc) is 1.86. The highest BCUT2D eigenvalue weighted by Gasteiger charge is 2.33. The quantitative estimate of drug-likeness (QED) is 0.570. The Morgan fingerprint density at radius 3 is 2.27 bits per heavy atom.